The molecule has 0 radical (unpaired) electrons. The quantitative estimate of drug-likeness (QED) is 0.448. The van der Waals surface area contributed by atoms with Gasteiger partial charge in [-0.25, -0.2) is 8.78 Å². The van der Waals surface area contributed by atoms with Crippen LogP contribution in [-0.4, -0.2) is 25.1 Å². The number of carbonyl (C=O) groups is 1. The highest BCUT2D eigenvalue weighted by atomic mass is 19.1. The molecule has 2 N–H and O–H groups in total. The van der Waals surface area contributed by atoms with E-state index in [1.807, 2.05) is 13.8 Å². The number of benzene rings is 1. The normalized spacial score (nSPS) is 10.5. The molecule has 1 heterocycles. The topological polar surface area (TPSA) is 72.5 Å². The number of nitrogens with one attached hydrogen (secondary N) is 2. The molecule has 164 valence electrons. The minimum atomic E-state index is -0.795. The summed E-state index contributed by atoms with van der Waals surface area (Å²) < 4.78 is 37.7. The van der Waals surface area contributed by atoms with Crippen molar-refractivity contribution in [2.75, 3.05) is 19.5 Å². The Hall–Kier alpha value is -3.68. The van der Waals surface area contributed by atoms with Crippen molar-refractivity contribution in [3.05, 3.63) is 82.8 Å². The number of halogens is 2. The fourth-order valence-corrected chi connectivity index (χ4v) is 2.55. The van der Waals surface area contributed by atoms with Crippen molar-refractivity contribution in [2.24, 2.45) is 0 Å². The highest BCUT2D eigenvalue weighted by Gasteiger charge is 2.20. The van der Waals surface area contributed by atoms with Crippen molar-refractivity contribution in [3.8, 4) is 5.88 Å². The Labute approximate surface area is 180 Å². The third-order valence-corrected chi connectivity index (χ3v) is 4.31. The third-order valence-electron chi connectivity index (χ3n) is 4.31. The second-order valence-electron chi connectivity index (χ2n) is 6.83. The molecule has 2 rings (SSSR count). The summed E-state index contributed by atoms with van der Waals surface area (Å²) in [5.74, 6) is -1.61. The van der Waals surface area contributed by atoms with E-state index in [1.54, 1.807) is 19.1 Å². The average Bonchev–Trinajstić information content (AvgIpc) is 2.73. The highest BCUT2D eigenvalue weighted by molar-refractivity contribution is 6.00. The van der Waals surface area contributed by atoms with Crippen molar-refractivity contribution in [1.82, 2.24) is 10.3 Å². The van der Waals surface area contributed by atoms with Crippen LogP contribution >= 0.6 is 0 Å². The summed E-state index contributed by atoms with van der Waals surface area (Å²) in [5, 5.41) is 5.70. The largest absolute Gasteiger partial charge is 0.497 e. The second kappa shape index (κ2) is 10.4. The average molecular weight is 429 g/mol. The first kappa shape index (κ1) is 23.6. The van der Waals surface area contributed by atoms with Gasteiger partial charge >= 0.3 is 0 Å². The first-order chi connectivity index (χ1) is 14.7. The van der Waals surface area contributed by atoms with Crippen molar-refractivity contribution in [2.45, 2.75) is 20.8 Å². The lowest BCUT2D eigenvalue weighted by atomic mass is 10.1. The molecule has 31 heavy (non-hydrogen) atoms. The maximum absolute atomic E-state index is 14.4. The van der Waals surface area contributed by atoms with Gasteiger partial charge in [-0.05, 0) is 62.8 Å². The van der Waals surface area contributed by atoms with E-state index in [1.165, 1.54) is 32.4 Å². The number of anilines is 2. The zero-order valence-electron chi connectivity index (χ0n) is 18.1. The molecule has 0 aliphatic carbocycles. The summed E-state index contributed by atoms with van der Waals surface area (Å²) in [6.07, 6.45) is 3.22. The lowest BCUT2D eigenvalue weighted by Gasteiger charge is -2.15. The molecule has 0 bridgehead atoms. The summed E-state index contributed by atoms with van der Waals surface area (Å²) in [7, 11) is 2.75. The number of methoxy groups -OCH3 is 2. The van der Waals surface area contributed by atoms with E-state index in [9.17, 15) is 13.6 Å². The molecule has 1 aromatic heterocycles. The molecule has 0 spiro atoms. The van der Waals surface area contributed by atoms with Crippen molar-refractivity contribution >= 4 is 17.4 Å². The van der Waals surface area contributed by atoms with Gasteiger partial charge in [0.05, 0.1) is 19.8 Å². The fourth-order valence-electron chi connectivity index (χ4n) is 2.55. The first-order valence-corrected chi connectivity index (χ1v) is 9.33. The van der Waals surface area contributed by atoms with Gasteiger partial charge in [-0.15, -0.1) is 0 Å². The van der Waals surface area contributed by atoms with Gasteiger partial charge < -0.3 is 20.1 Å². The number of pyridine rings is 1. The molecule has 8 heteroatoms. The molecule has 0 aliphatic heterocycles. The van der Waals surface area contributed by atoms with Crippen LogP contribution in [0.4, 0.5) is 20.3 Å². The zero-order valence-corrected chi connectivity index (χ0v) is 18.1. The van der Waals surface area contributed by atoms with Crippen LogP contribution in [0.2, 0.25) is 0 Å². The van der Waals surface area contributed by atoms with E-state index in [0.29, 0.717) is 22.7 Å². The molecule has 0 fully saturated rings. The van der Waals surface area contributed by atoms with E-state index < -0.39 is 17.5 Å². The van der Waals surface area contributed by atoms with Crippen LogP contribution in [-0.2, 0) is 4.74 Å². The van der Waals surface area contributed by atoms with Crippen molar-refractivity contribution in [1.29, 1.82) is 0 Å². The van der Waals surface area contributed by atoms with Crippen LogP contribution in [0.1, 0.15) is 29.8 Å². The standard InChI is InChI=1S/C23H25F2N3O3/c1-13(2)19(9-7-15(4)30-5)27-22(29)17-12-18(25)23(31-6)28-21(17)26-20-10-8-16(24)11-14(20)3/h7-12H,4H2,1-3,5-6H3,(H,26,28)(H,27,29)/b9-7-. The molecular weight excluding hydrogens is 404 g/mol. The van der Waals surface area contributed by atoms with Gasteiger partial charge in [0.1, 0.15) is 17.4 Å². The van der Waals surface area contributed by atoms with Gasteiger partial charge in [0, 0.05) is 11.4 Å². The van der Waals surface area contributed by atoms with E-state index in [4.69, 9.17) is 9.47 Å². The Morgan fingerprint density at radius 2 is 1.87 bits per heavy atom. The Morgan fingerprint density at radius 1 is 1.16 bits per heavy atom. The molecule has 0 unspecified atom stereocenters. The van der Waals surface area contributed by atoms with Crippen LogP contribution < -0.4 is 15.4 Å². The van der Waals surface area contributed by atoms with E-state index in [2.05, 4.69) is 22.2 Å². The summed E-state index contributed by atoms with van der Waals surface area (Å²) in [4.78, 5) is 17.1. The highest BCUT2D eigenvalue weighted by Crippen LogP contribution is 2.27. The number of aryl methyl sites for hydroxylation is 1. The smallest absolute Gasteiger partial charge is 0.259 e. The van der Waals surface area contributed by atoms with Gasteiger partial charge in [-0.2, -0.15) is 4.98 Å². The van der Waals surface area contributed by atoms with Crippen LogP contribution in [0.3, 0.4) is 0 Å². The third kappa shape index (κ3) is 6.15. The van der Waals surface area contributed by atoms with Crippen LogP contribution in [0.5, 0.6) is 5.88 Å². The van der Waals surface area contributed by atoms with E-state index in [-0.39, 0.29) is 17.3 Å². The van der Waals surface area contributed by atoms with Crippen molar-refractivity contribution in [3.63, 3.8) is 0 Å². The monoisotopic (exact) mass is 429 g/mol. The molecule has 1 aromatic carbocycles. The van der Waals surface area contributed by atoms with Gasteiger partial charge in [0.25, 0.3) is 11.8 Å². The number of ether oxygens (including phenoxy) is 2. The number of hydrogen-bond donors (Lipinski definition) is 2. The van der Waals surface area contributed by atoms with Crippen molar-refractivity contribution < 1.29 is 23.0 Å². The maximum atomic E-state index is 14.4. The van der Waals surface area contributed by atoms with Gasteiger partial charge in [0.2, 0.25) is 0 Å². The number of aromatic nitrogens is 1. The van der Waals surface area contributed by atoms with Gasteiger partial charge in [0.15, 0.2) is 5.82 Å². The predicted molar refractivity (Wildman–Crippen MR) is 116 cm³/mol. The number of hydrogen-bond acceptors (Lipinski definition) is 5. The number of allylic oxidation sites excluding steroid dienone is 3. The number of carbonyl (C=O) groups excluding carboxylic acids is 1. The number of amides is 1. The molecule has 2 aromatic rings. The van der Waals surface area contributed by atoms with E-state index >= 15 is 0 Å². The molecule has 6 nitrogen and oxygen atoms in total. The Balaban J connectivity index is 2.45. The minimum Gasteiger partial charge on any atom is -0.497 e. The maximum Gasteiger partial charge on any atom is 0.259 e. The predicted octanol–water partition coefficient (Wildman–Crippen LogP) is 5.16. The molecule has 1 amide bonds. The first-order valence-electron chi connectivity index (χ1n) is 9.33. The molecule has 0 aliphatic rings. The second-order valence-corrected chi connectivity index (χ2v) is 6.83. The SMILES string of the molecule is C=C(/C=C\C(NC(=O)c1cc(F)c(OC)nc1Nc1ccc(F)cc1C)=C(C)C)OC. The fraction of sp³-hybridized carbons (Fsp3) is 0.217. The van der Waals surface area contributed by atoms with Gasteiger partial charge in [-0.3, -0.25) is 4.79 Å². The minimum absolute atomic E-state index is 0.0558. The number of nitrogens with zero attached hydrogens (tertiary/aromatic N) is 1. The Morgan fingerprint density at radius 3 is 2.45 bits per heavy atom. The summed E-state index contributed by atoms with van der Waals surface area (Å²) in [6, 6.07) is 5.13. The number of rotatable bonds is 8. The zero-order chi connectivity index (χ0) is 23.1. The van der Waals surface area contributed by atoms with Gasteiger partial charge in [-0.1, -0.05) is 12.2 Å². The molecule has 0 saturated carbocycles. The lowest BCUT2D eigenvalue weighted by Crippen LogP contribution is -2.24. The summed E-state index contributed by atoms with van der Waals surface area (Å²) in [6.45, 7) is 9.01. The summed E-state index contributed by atoms with van der Waals surface area (Å²) >= 11 is 0. The summed E-state index contributed by atoms with van der Waals surface area (Å²) in [5.41, 5.74) is 2.33. The molecule has 0 atom stereocenters. The lowest BCUT2D eigenvalue weighted by molar-refractivity contribution is 0.0966. The van der Waals surface area contributed by atoms with Crippen LogP contribution in [0.25, 0.3) is 0 Å². The Kier molecular flexibility index (Phi) is 7.90. The van der Waals surface area contributed by atoms with E-state index in [0.717, 1.165) is 11.6 Å². The molecular formula is C23H25F2N3O3. The van der Waals surface area contributed by atoms with Crippen LogP contribution in [0, 0.1) is 18.6 Å². The Bertz CT molecular complexity index is 1060. The van der Waals surface area contributed by atoms with Crippen LogP contribution in [0.15, 0.2) is 60.0 Å². The molecule has 0 saturated heterocycles.